The number of alkyl carbamates (subject to hydrolysis) is 1. The van der Waals surface area contributed by atoms with Gasteiger partial charge in [0.05, 0.1) is 26.7 Å². The zero-order chi connectivity index (χ0) is 16.7. The first-order valence-electron chi connectivity index (χ1n) is 8.02. The first-order valence-corrected chi connectivity index (χ1v) is 8.02. The molecule has 2 rings (SSSR count). The van der Waals surface area contributed by atoms with E-state index in [1.807, 2.05) is 24.3 Å². The molecule has 1 saturated heterocycles. The topological polar surface area (TPSA) is 52.0 Å². The number of piperidine rings is 1. The summed E-state index contributed by atoms with van der Waals surface area (Å²) in [6.07, 6.45) is 6.60. The van der Waals surface area contributed by atoms with Crippen LogP contribution in [0.5, 0.6) is 5.75 Å². The van der Waals surface area contributed by atoms with Crippen molar-refractivity contribution in [2.45, 2.75) is 31.9 Å². The summed E-state index contributed by atoms with van der Waals surface area (Å²) in [5, 5.41) is 2.76. The normalized spacial score (nSPS) is 22.6. The second kappa shape index (κ2) is 9.41. The van der Waals surface area contributed by atoms with Crippen LogP contribution in [0.3, 0.4) is 0 Å². The van der Waals surface area contributed by atoms with Crippen molar-refractivity contribution in [1.29, 1.82) is 0 Å². The number of halogens is 1. The molecule has 1 aliphatic rings. The fourth-order valence-corrected chi connectivity index (χ4v) is 2.77. The van der Waals surface area contributed by atoms with Crippen LogP contribution in [0.25, 0.3) is 0 Å². The maximum atomic E-state index is 12.1. The standard InChI is InChI=1S/C18H24N2O3.ClH/c1-4-18(10-12-20(5-2)13-11-18)23-17(21)19-14-15-6-8-16(22-3)9-7-15;/h1,6-9H,5,10-14H2,2-3H3,(H,19,21);1H. The molecule has 1 fully saturated rings. The van der Waals surface area contributed by atoms with Crippen LogP contribution in [-0.2, 0) is 11.3 Å². The highest BCUT2D eigenvalue weighted by atomic mass is 35.5. The average molecular weight is 353 g/mol. The Balaban J connectivity index is 0.00000288. The first kappa shape index (κ1) is 20.1. The minimum Gasteiger partial charge on any atom is -1.00 e. The Hall–Kier alpha value is -1.90. The molecule has 0 radical (unpaired) electrons. The molecule has 6 heteroatoms. The summed E-state index contributed by atoms with van der Waals surface area (Å²) in [5.41, 5.74) is 0.214. The number of amides is 1. The smallest absolute Gasteiger partial charge is 0.408 e. The summed E-state index contributed by atoms with van der Waals surface area (Å²) in [6, 6.07) is 7.52. The van der Waals surface area contributed by atoms with Crippen molar-refractivity contribution in [2.75, 3.05) is 26.7 Å². The van der Waals surface area contributed by atoms with Gasteiger partial charge in [-0.2, -0.15) is 0 Å². The quantitative estimate of drug-likeness (QED) is 0.603. The van der Waals surface area contributed by atoms with E-state index in [1.54, 1.807) is 7.11 Å². The Labute approximate surface area is 150 Å². The van der Waals surface area contributed by atoms with Gasteiger partial charge in [0.15, 0.2) is 5.60 Å². The number of carbonyl (C=O) groups excluding carboxylic acids is 1. The van der Waals surface area contributed by atoms with Crippen molar-refractivity contribution in [3.8, 4) is 18.1 Å². The highest BCUT2D eigenvalue weighted by Crippen LogP contribution is 2.21. The molecule has 2 N–H and O–H groups in total. The van der Waals surface area contributed by atoms with Crippen molar-refractivity contribution < 1.29 is 31.6 Å². The molecule has 1 amide bonds. The Kier molecular flexibility index (Phi) is 7.90. The van der Waals surface area contributed by atoms with E-state index in [9.17, 15) is 4.79 Å². The van der Waals surface area contributed by atoms with E-state index in [1.165, 1.54) is 4.90 Å². The minimum absolute atomic E-state index is 0. The van der Waals surface area contributed by atoms with Crippen molar-refractivity contribution in [1.82, 2.24) is 5.32 Å². The van der Waals surface area contributed by atoms with Gasteiger partial charge in [0.1, 0.15) is 5.75 Å². The summed E-state index contributed by atoms with van der Waals surface area (Å²) in [6.45, 7) is 5.50. The van der Waals surface area contributed by atoms with Crippen LogP contribution in [0.4, 0.5) is 4.79 Å². The van der Waals surface area contributed by atoms with Gasteiger partial charge in [-0.15, -0.1) is 6.42 Å². The molecule has 1 aromatic carbocycles. The van der Waals surface area contributed by atoms with Gasteiger partial charge in [0.2, 0.25) is 0 Å². The molecule has 1 aromatic rings. The number of likely N-dealkylation sites (tertiary alicyclic amines) is 1. The van der Waals surface area contributed by atoms with Crippen LogP contribution in [0.15, 0.2) is 24.3 Å². The van der Waals surface area contributed by atoms with Crippen molar-refractivity contribution in [3.05, 3.63) is 29.8 Å². The Morgan fingerprint density at radius 3 is 2.46 bits per heavy atom. The number of rotatable bonds is 5. The van der Waals surface area contributed by atoms with Crippen molar-refractivity contribution in [2.24, 2.45) is 0 Å². The number of nitrogens with one attached hydrogen (secondary N) is 2. The van der Waals surface area contributed by atoms with Gasteiger partial charge < -0.3 is 32.1 Å². The van der Waals surface area contributed by atoms with Gasteiger partial charge in [-0.1, -0.05) is 18.1 Å². The zero-order valence-electron chi connectivity index (χ0n) is 14.2. The van der Waals surface area contributed by atoms with Gasteiger partial charge in [0, 0.05) is 19.4 Å². The van der Waals surface area contributed by atoms with Crippen molar-refractivity contribution >= 4 is 6.09 Å². The molecule has 0 unspecified atom stereocenters. The van der Waals surface area contributed by atoms with Gasteiger partial charge in [-0.05, 0) is 24.6 Å². The molecule has 0 bridgehead atoms. The van der Waals surface area contributed by atoms with Crippen LogP contribution >= 0.6 is 0 Å². The fourth-order valence-electron chi connectivity index (χ4n) is 2.77. The van der Waals surface area contributed by atoms with E-state index in [2.05, 4.69) is 18.2 Å². The van der Waals surface area contributed by atoms with Gasteiger partial charge in [0.25, 0.3) is 0 Å². The van der Waals surface area contributed by atoms with Crippen molar-refractivity contribution in [3.63, 3.8) is 0 Å². The van der Waals surface area contributed by atoms with E-state index in [0.717, 1.165) is 30.9 Å². The van der Waals surface area contributed by atoms with E-state index < -0.39 is 11.7 Å². The Bertz CT molecular complexity index is 561. The average Bonchev–Trinajstić information content (AvgIpc) is 2.61. The highest BCUT2D eigenvalue weighted by molar-refractivity contribution is 5.68. The number of hydrogen-bond donors (Lipinski definition) is 2. The predicted octanol–water partition coefficient (Wildman–Crippen LogP) is -2.00. The largest absolute Gasteiger partial charge is 1.00 e. The lowest BCUT2D eigenvalue weighted by molar-refractivity contribution is -0.905. The molecule has 132 valence electrons. The van der Waals surface area contributed by atoms with E-state index >= 15 is 0 Å². The maximum Gasteiger partial charge on any atom is 0.408 e. The zero-order valence-corrected chi connectivity index (χ0v) is 15.0. The summed E-state index contributed by atoms with van der Waals surface area (Å²) in [5.74, 6) is 3.48. The van der Waals surface area contributed by atoms with E-state index in [4.69, 9.17) is 15.9 Å². The Morgan fingerprint density at radius 2 is 1.96 bits per heavy atom. The van der Waals surface area contributed by atoms with Crippen LogP contribution in [0, 0.1) is 12.3 Å². The highest BCUT2D eigenvalue weighted by Gasteiger charge is 2.38. The van der Waals surface area contributed by atoms with Crippen LogP contribution in [0.2, 0.25) is 0 Å². The maximum absolute atomic E-state index is 12.1. The first-order chi connectivity index (χ1) is 11.1. The van der Waals surface area contributed by atoms with Crippen LogP contribution in [0.1, 0.15) is 25.3 Å². The molecule has 24 heavy (non-hydrogen) atoms. The summed E-state index contributed by atoms with van der Waals surface area (Å²) < 4.78 is 10.7. The lowest BCUT2D eigenvalue weighted by Crippen LogP contribution is -3.13. The number of methoxy groups -OCH3 is 1. The lowest BCUT2D eigenvalue weighted by atomic mass is 9.92. The molecule has 0 aliphatic carbocycles. The number of ether oxygens (including phenoxy) is 2. The van der Waals surface area contributed by atoms with Crippen LogP contribution in [-0.4, -0.2) is 38.4 Å². The van der Waals surface area contributed by atoms with E-state index in [-0.39, 0.29) is 12.4 Å². The van der Waals surface area contributed by atoms with Gasteiger partial charge >= 0.3 is 6.09 Å². The molecule has 0 aromatic heterocycles. The molecule has 1 aliphatic heterocycles. The third kappa shape index (κ3) is 5.33. The van der Waals surface area contributed by atoms with Gasteiger partial charge in [-0.25, -0.2) is 4.79 Å². The minimum atomic E-state index is -0.761. The molecular formula is C18H25ClN2O3. The number of hydrogen-bond acceptors (Lipinski definition) is 3. The number of carbonyl (C=O) groups is 1. The molecular weight excluding hydrogens is 328 g/mol. The summed E-state index contributed by atoms with van der Waals surface area (Å²) in [7, 11) is 1.62. The second-order valence-electron chi connectivity index (χ2n) is 5.83. The predicted molar refractivity (Wildman–Crippen MR) is 88.4 cm³/mol. The molecule has 5 nitrogen and oxygen atoms in total. The number of terminal acetylenes is 1. The summed E-state index contributed by atoms with van der Waals surface area (Å²) in [4.78, 5) is 13.6. The third-order valence-corrected chi connectivity index (χ3v) is 4.41. The monoisotopic (exact) mass is 352 g/mol. The number of quaternary nitrogens is 1. The Morgan fingerprint density at radius 1 is 1.33 bits per heavy atom. The molecule has 0 atom stereocenters. The SMILES string of the molecule is C#CC1(OC(=O)NCc2ccc(OC)cc2)CC[NH+](CC)CC1.[Cl-]. The molecule has 0 spiro atoms. The van der Waals surface area contributed by atoms with Crippen LogP contribution < -0.4 is 27.4 Å². The van der Waals surface area contributed by atoms with E-state index in [0.29, 0.717) is 19.4 Å². The summed E-state index contributed by atoms with van der Waals surface area (Å²) >= 11 is 0. The lowest BCUT2D eigenvalue weighted by Gasteiger charge is -2.35. The van der Waals surface area contributed by atoms with Gasteiger partial charge in [-0.3, -0.25) is 0 Å². The molecule has 1 heterocycles. The fraction of sp³-hybridized carbons (Fsp3) is 0.500. The second-order valence-corrected chi connectivity index (χ2v) is 5.83. The molecule has 0 saturated carbocycles. The third-order valence-electron chi connectivity index (χ3n) is 4.41. The number of benzene rings is 1.